The number of nitrogens with one attached hydrogen (secondary N) is 1. The first-order valence-corrected chi connectivity index (χ1v) is 7.79. The van der Waals surface area contributed by atoms with E-state index in [1.807, 2.05) is 38.1 Å². The van der Waals surface area contributed by atoms with Crippen molar-refractivity contribution >= 4 is 23.2 Å². The fraction of sp³-hybridized carbons (Fsp3) is 0.278. The van der Waals surface area contributed by atoms with Crippen LogP contribution in [0.4, 0.5) is 5.69 Å². The Hall–Kier alpha value is -2.20. The highest BCUT2D eigenvalue weighted by atomic mass is 35.5. The van der Waals surface area contributed by atoms with Gasteiger partial charge in [-0.15, -0.1) is 0 Å². The molecule has 122 valence electrons. The highest BCUT2D eigenvalue weighted by molar-refractivity contribution is 6.31. The highest BCUT2D eigenvalue weighted by Crippen LogP contribution is 2.28. The van der Waals surface area contributed by atoms with Crippen LogP contribution in [0, 0.1) is 6.92 Å². The van der Waals surface area contributed by atoms with Gasteiger partial charge < -0.3 is 14.8 Å². The van der Waals surface area contributed by atoms with Crippen LogP contribution in [-0.2, 0) is 4.79 Å². The zero-order valence-electron chi connectivity index (χ0n) is 13.4. The number of rotatable bonds is 6. The van der Waals surface area contributed by atoms with Crippen molar-refractivity contribution in [2.24, 2.45) is 0 Å². The third-order valence-electron chi connectivity index (χ3n) is 3.38. The minimum atomic E-state index is -0.596. The Morgan fingerprint density at radius 1 is 1.22 bits per heavy atom. The maximum atomic E-state index is 12.5. The van der Waals surface area contributed by atoms with Crippen molar-refractivity contribution < 1.29 is 14.3 Å². The molecule has 0 bridgehead atoms. The van der Waals surface area contributed by atoms with E-state index in [4.69, 9.17) is 21.1 Å². The molecule has 0 aromatic heterocycles. The first-order valence-electron chi connectivity index (χ1n) is 7.41. The van der Waals surface area contributed by atoms with Gasteiger partial charge in [-0.2, -0.15) is 0 Å². The quantitative estimate of drug-likeness (QED) is 0.849. The summed E-state index contributed by atoms with van der Waals surface area (Å²) in [6.45, 7) is 3.90. The molecule has 0 radical (unpaired) electrons. The fourth-order valence-electron chi connectivity index (χ4n) is 2.09. The molecule has 2 aromatic rings. The van der Waals surface area contributed by atoms with E-state index in [9.17, 15) is 4.79 Å². The van der Waals surface area contributed by atoms with Gasteiger partial charge in [-0.1, -0.05) is 36.2 Å². The highest BCUT2D eigenvalue weighted by Gasteiger charge is 2.20. The van der Waals surface area contributed by atoms with Crippen LogP contribution in [0.15, 0.2) is 42.5 Å². The molecule has 5 heteroatoms. The van der Waals surface area contributed by atoms with Crippen LogP contribution in [0.5, 0.6) is 11.5 Å². The number of carbonyl (C=O) groups is 1. The summed E-state index contributed by atoms with van der Waals surface area (Å²) >= 11 is 5.98. The number of benzene rings is 2. The molecule has 0 fully saturated rings. The van der Waals surface area contributed by atoms with E-state index in [-0.39, 0.29) is 5.91 Å². The zero-order chi connectivity index (χ0) is 16.8. The molecule has 2 rings (SSSR count). The lowest BCUT2D eigenvalue weighted by molar-refractivity contribution is -0.122. The van der Waals surface area contributed by atoms with E-state index in [1.165, 1.54) is 0 Å². The number of methoxy groups -OCH3 is 1. The van der Waals surface area contributed by atoms with Gasteiger partial charge >= 0.3 is 0 Å². The van der Waals surface area contributed by atoms with Crippen LogP contribution < -0.4 is 14.8 Å². The largest absolute Gasteiger partial charge is 0.495 e. The van der Waals surface area contributed by atoms with Gasteiger partial charge in [0, 0.05) is 5.02 Å². The minimum Gasteiger partial charge on any atom is -0.495 e. The number of ether oxygens (including phenoxy) is 2. The second-order valence-electron chi connectivity index (χ2n) is 5.16. The van der Waals surface area contributed by atoms with Crippen molar-refractivity contribution in [1.29, 1.82) is 0 Å². The second-order valence-corrected chi connectivity index (χ2v) is 5.60. The van der Waals surface area contributed by atoms with Crippen LogP contribution in [0.25, 0.3) is 0 Å². The van der Waals surface area contributed by atoms with Crippen LogP contribution in [0.3, 0.4) is 0 Å². The van der Waals surface area contributed by atoms with Gasteiger partial charge in [-0.25, -0.2) is 0 Å². The topological polar surface area (TPSA) is 47.6 Å². The molecule has 0 aliphatic rings. The molecule has 0 spiro atoms. The van der Waals surface area contributed by atoms with E-state index in [2.05, 4.69) is 5.32 Å². The van der Waals surface area contributed by atoms with E-state index >= 15 is 0 Å². The lowest BCUT2D eigenvalue weighted by atomic mass is 10.2. The third-order valence-corrected chi connectivity index (χ3v) is 3.62. The van der Waals surface area contributed by atoms with Crippen LogP contribution in [-0.4, -0.2) is 19.1 Å². The molecular formula is C18H20ClNO3. The van der Waals surface area contributed by atoms with Gasteiger partial charge in [-0.3, -0.25) is 4.79 Å². The molecule has 4 nitrogen and oxygen atoms in total. The summed E-state index contributed by atoms with van der Waals surface area (Å²) in [5.41, 5.74) is 1.66. The Labute approximate surface area is 141 Å². The number of aryl methyl sites for hydroxylation is 1. The van der Waals surface area contributed by atoms with Crippen molar-refractivity contribution in [3.05, 3.63) is 53.1 Å². The van der Waals surface area contributed by atoms with Crippen molar-refractivity contribution in [2.75, 3.05) is 12.4 Å². The van der Waals surface area contributed by atoms with Crippen molar-refractivity contribution in [1.82, 2.24) is 0 Å². The van der Waals surface area contributed by atoms with Gasteiger partial charge in [0.2, 0.25) is 0 Å². The normalized spacial score (nSPS) is 11.7. The van der Waals surface area contributed by atoms with Gasteiger partial charge in [-0.05, 0) is 43.7 Å². The van der Waals surface area contributed by atoms with E-state index < -0.39 is 6.10 Å². The molecular weight excluding hydrogens is 314 g/mol. The molecule has 1 N–H and O–H groups in total. The number of hydrogen-bond acceptors (Lipinski definition) is 3. The number of anilines is 1. The molecule has 0 aliphatic heterocycles. The average Bonchev–Trinajstić information content (AvgIpc) is 2.54. The lowest BCUT2D eigenvalue weighted by Gasteiger charge is -2.18. The number of hydrogen-bond donors (Lipinski definition) is 1. The van der Waals surface area contributed by atoms with E-state index in [0.29, 0.717) is 28.6 Å². The first-order chi connectivity index (χ1) is 11.0. The average molecular weight is 334 g/mol. The fourth-order valence-corrected chi connectivity index (χ4v) is 2.27. The molecule has 1 amide bonds. The molecule has 0 aliphatic carbocycles. The van der Waals surface area contributed by atoms with Gasteiger partial charge in [0.25, 0.3) is 5.91 Å². The Morgan fingerprint density at radius 3 is 2.52 bits per heavy atom. The lowest BCUT2D eigenvalue weighted by Crippen LogP contribution is -2.32. The number of halogens is 1. The zero-order valence-corrected chi connectivity index (χ0v) is 14.2. The molecule has 1 atom stereocenters. The van der Waals surface area contributed by atoms with E-state index in [1.54, 1.807) is 25.3 Å². The van der Waals surface area contributed by atoms with Crippen molar-refractivity contribution in [3.8, 4) is 11.5 Å². The molecule has 2 aromatic carbocycles. The van der Waals surface area contributed by atoms with Gasteiger partial charge in [0.1, 0.15) is 11.5 Å². The first kappa shape index (κ1) is 17.2. The molecule has 0 saturated carbocycles. The van der Waals surface area contributed by atoms with Crippen LogP contribution in [0.2, 0.25) is 5.02 Å². The smallest absolute Gasteiger partial charge is 0.265 e. The van der Waals surface area contributed by atoms with Gasteiger partial charge in [0.05, 0.1) is 12.8 Å². The van der Waals surface area contributed by atoms with Crippen molar-refractivity contribution in [2.45, 2.75) is 26.4 Å². The standard InChI is InChI=1S/C18H20ClNO3/c1-4-16(23-14-8-5-12(2)6-9-14)18(21)20-15-11-13(19)7-10-17(15)22-3/h5-11,16H,4H2,1-3H3,(H,20,21)/t16-/m1/s1. The number of amides is 1. The summed E-state index contributed by atoms with van der Waals surface area (Å²) in [6, 6.07) is 12.7. The van der Waals surface area contributed by atoms with Crippen LogP contribution in [0.1, 0.15) is 18.9 Å². The Balaban J connectivity index is 2.11. The number of carbonyl (C=O) groups excluding carboxylic acids is 1. The predicted octanol–water partition coefficient (Wildman–Crippen LogP) is 4.45. The second kappa shape index (κ2) is 7.88. The van der Waals surface area contributed by atoms with Crippen LogP contribution >= 0.6 is 11.6 Å². The Kier molecular flexibility index (Phi) is 5.88. The maximum Gasteiger partial charge on any atom is 0.265 e. The Morgan fingerprint density at radius 2 is 1.91 bits per heavy atom. The molecule has 0 saturated heterocycles. The molecule has 0 unspecified atom stereocenters. The summed E-state index contributed by atoms with van der Waals surface area (Å²) in [5, 5.41) is 3.33. The predicted molar refractivity (Wildman–Crippen MR) is 92.5 cm³/mol. The summed E-state index contributed by atoms with van der Waals surface area (Å²) < 4.78 is 11.0. The molecule has 23 heavy (non-hydrogen) atoms. The summed E-state index contributed by atoms with van der Waals surface area (Å²) in [4.78, 5) is 12.5. The summed E-state index contributed by atoms with van der Waals surface area (Å²) in [5.74, 6) is 0.970. The maximum absolute atomic E-state index is 12.5. The summed E-state index contributed by atoms with van der Waals surface area (Å²) in [7, 11) is 1.54. The van der Waals surface area contributed by atoms with Gasteiger partial charge in [0.15, 0.2) is 6.10 Å². The third kappa shape index (κ3) is 4.63. The Bertz CT molecular complexity index is 670. The van der Waals surface area contributed by atoms with E-state index in [0.717, 1.165) is 5.56 Å². The molecule has 0 heterocycles. The SMILES string of the molecule is CC[C@@H](Oc1ccc(C)cc1)C(=O)Nc1cc(Cl)ccc1OC. The minimum absolute atomic E-state index is 0.242. The summed E-state index contributed by atoms with van der Waals surface area (Å²) in [6.07, 6.45) is -0.0517. The van der Waals surface area contributed by atoms with Crippen molar-refractivity contribution in [3.63, 3.8) is 0 Å². The monoisotopic (exact) mass is 333 g/mol.